The van der Waals surface area contributed by atoms with Crippen molar-refractivity contribution in [2.75, 3.05) is 28.4 Å². The van der Waals surface area contributed by atoms with Gasteiger partial charge in [-0.3, -0.25) is 0 Å². The number of methoxy groups -OCH3 is 4. The summed E-state index contributed by atoms with van der Waals surface area (Å²) in [5, 5.41) is 0. The highest BCUT2D eigenvalue weighted by Crippen LogP contribution is 2.40. The summed E-state index contributed by atoms with van der Waals surface area (Å²) in [6, 6.07) is 10.4. The molecule has 0 fully saturated rings. The molecule has 0 amide bonds. The van der Waals surface area contributed by atoms with Gasteiger partial charge in [0, 0.05) is 5.56 Å². The normalized spacial score (nSPS) is 18.1. The SMILES string of the molecule is COC(=O)[C@@H]1N=C(c2cc(OC)c(OC)c(OC)c2)O[C@H]1c1cccc(C)c1. The molecule has 0 saturated carbocycles. The molecule has 0 aromatic heterocycles. The Hall–Kier alpha value is -3.22. The standard InChI is InChI=1S/C21H23NO6/c1-12-7-6-8-13(9-12)18-17(21(23)27-5)22-20(28-18)14-10-15(24-2)19(26-4)16(11-14)25-3/h6-11,17-18H,1-5H3/t17-,18+/m1/s1. The van der Waals surface area contributed by atoms with Crippen LogP contribution < -0.4 is 14.2 Å². The molecular weight excluding hydrogens is 362 g/mol. The van der Waals surface area contributed by atoms with E-state index < -0.39 is 18.1 Å². The number of carbonyl (C=O) groups excluding carboxylic acids is 1. The monoisotopic (exact) mass is 385 g/mol. The van der Waals surface area contributed by atoms with Crippen LogP contribution in [-0.2, 0) is 14.3 Å². The zero-order chi connectivity index (χ0) is 20.3. The lowest BCUT2D eigenvalue weighted by Gasteiger charge is -2.17. The maximum absolute atomic E-state index is 12.3. The molecular formula is C21H23NO6. The third-order valence-electron chi connectivity index (χ3n) is 4.51. The molecule has 0 unspecified atom stereocenters. The lowest BCUT2D eigenvalue weighted by Crippen LogP contribution is -2.25. The Bertz CT molecular complexity index is 883. The van der Waals surface area contributed by atoms with Crippen molar-refractivity contribution in [3.8, 4) is 17.2 Å². The first-order chi connectivity index (χ1) is 13.5. The van der Waals surface area contributed by atoms with Crippen LogP contribution in [0, 0.1) is 6.92 Å². The second-order valence-corrected chi connectivity index (χ2v) is 6.27. The third kappa shape index (κ3) is 3.60. The smallest absolute Gasteiger partial charge is 0.335 e. The summed E-state index contributed by atoms with van der Waals surface area (Å²) in [6.45, 7) is 1.98. The van der Waals surface area contributed by atoms with Crippen LogP contribution in [0.15, 0.2) is 41.4 Å². The number of ether oxygens (including phenoxy) is 5. The Kier molecular flexibility index (Phi) is 5.73. The Morgan fingerprint density at radius 1 is 1.00 bits per heavy atom. The predicted octanol–water partition coefficient (Wildman–Crippen LogP) is 3.08. The fraction of sp³-hybridized carbons (Fsp3) is 0.333. The number of nitrogens with zero attached hydrogens (tertiary/aromatic N) is 1. The van der Waals surface area contributed by atoms with E-state index in [9.17, 15) is 4.79 Å². The van der Waals surface area contributed by atoms with Crippen molar-refractivity contribution >= 4 is 11.9 Å². The van der Waals surface area contributed by atoms with Gasteiger partial charge in [0.05, 0.1) is 28.4 Å². The minimum Gasteiger partial charge on any atom is -0.493 e. The topological polar surface area (TPSA) is 75.6 Å². The fourth-order valence-electron chi connectivity index (χ4n) is 3.15. The summed E-state index contributed by atoms with van der Waals surface area (Å²) in [7, 11) is 5.93. The minimum atomic E-state index is -0.805. The number of benzene rings is 2. The molecule has 0 spiro atoms. The van der Waals surface area contributed by atoms with Gasteiger partial charge in [0.2, 0.25) is 11.6 Å². The quantitative estimate of drug-likeness (QED) is 0.712. The first kappa shape index (κ1) is 19.5. The van der Waals surface area contributed by atoms with E-state index in [0.717, 1.165) is 11.1 Å². The van der Waals surface area contributed by atoms with Crippen molar-refractivity contribution in [2.24, 2.45) is 4.99 Å². The molecule has 0 aliphatic carbocycles. The summed E-state index contributed by atoms with van der Waals surface area (Å²) in [6.07, 6.45) is -0.582. The van der Waals surface area contributed by atoms with Gasteiger partial charge >= 0.3 is 5.97 Å². The maximum atomic E-state index is 12.3. The summed E-state index contributed by atoms with van der Waals surface area (Å²) in [4.78, 5) is 16.8. The number of hydrogen-bond acceptors (Lipinski definition) is 7. The average molecular weight is 385 g/mol. The van der Waals surface area contributed by atoms with Crippen molar-refractivity contribution in [1.29, 1.82) is 0 Å². The molecule has 1 aliphatic heterocycles. The van der Waals surface area contributed by atoms with E-state index >= 15 is 0 Å². The Balaban J connectivity index is 2.04. The van der Waals surface area contributed by atoms with Crippen LogP contribution in [0.25, 0.3) is 0 Å². The number of aryl methyl sites for hydroxylation is 1. The lowest BCUT2D eigenvalue weighted by molar-refractivity contribution is -0.143. The molecule has 2 atom stereocenters. The van der Waals surface area contributed by atoms with Crippen LogP contribution >= 0.6 is 0 Å². The second kappa shape index (κ2) is 8.21. The Morgan fingerprint density at radius 2 is 1.68 bits per heavy atom. The molecule has 1 heterocycles. The zero-order valence-electron chi connectivity index (χ0n) is 16.5. The molecule has 148 valence electrons. The summed E-state index contributed by atoms with van der Waals surface area (Å²) < 4.78 is 27.2. The minimum absolute atomic E-state index is 0.307. The van der Waals surface area contributed by atoms with Crippen molar-refractivity contribution in [3.05, 3.63) is 53.1 Å². The van der Waals surface area contributed by atoms with E-state index in [0.29, 0.717) is 28.7 Å². The van der Waals surface area contributed by atoms with Gasteiger partial charge in [-0.05, 0) is 24.6 Å². The molecule has 7 nitrogen and oxygen atoms in total. The molecule has 0 saturated heterocycles. The highest BCUT2D eigenvalue weighted by atomic mass is 16.5. The van der Waals surface area contributed by atoms with Crippen molar-refractivity contribution in [2.45, 2.75) is 19.1 Å². The van der Waals surface area contributed by atoms with Crippen LogP contribution in [-0.4, -0.2) is 46.3 Å². The molecule has 0 bridgehead atoms. The summed E-state index contributed by atoms with van der Waals surface area (Å²) in [5.41, 5.74) is 2.52. The summed E-state index contributed by atoms with van der Waals surface area (Å²) in [5.74, 6) is 1.25. The molecule has 7 heteroatoms. The van der Waals surface area contributed by atoms with E-state index in [1.165, 1.54) is 28.4 Å². The van der Waals surface area contributed by atoms with Crippen LogP contribution in [0.1, 0.15) is 22.8 Å². The number of hydrogen-bond donors (Lipinski definition) is 0. The fourth-order valence-corrected chi connectivity index (χ4v) is 3.15. The first-order valence-electron chi connectivity index (χ1n) is 8.71. The molecule has 3 rings (SSSR count). The van der Waals surface area contributed by atoms with E-state index in [1.54, 1.807) is 12.1 Å². The molecule has 2 aromatic carbocycles. The zero-order valence-corrected chi connectivity index (χ0v) is 16.5. The highest BCUT2D eigenvalue weighted by Gasteiger charge is 2.39. The number of rotatable bonds is 6. The van der Waals surface area contributed by atoms with Crippen molar-refractivity contribution in [1.82, 2.24) is 0 Å². The molecule has 1 aliphatic rings. The molecule has 28 heavy (non-hydrogen) atoms. The van der Waals surface area contributed by atoms with Gasteiger partial charge in [0.25, 0.3) is 0 Å². The average Bonchev–Trinajstić information content (AvgIpc) is 3.17. The van der Waals surface area contributed by atoms with Gasteiger partial charge < -0.3 is 23.7 Å². The van der Waals surface area contributed by atoms with Crippen LogP contribution in [0.4, 0.5) is 0 Å². The first-order valence-corrected chi connectivity index (χ1v) is 8.71. The van der Waals surface area contributed by atoms with E-state index in [4.69, 9.17) is 23.7 Å². The summed E-state index contributed by atoms with van der Waals surface area (Å²) >= 11 is 0. The van der Waals surface area contributed by atoms with Crippen molar-refractivity contribution in [3.63, 3.8) is 0 Å². The van der Waals surface area contributed by atoms with E-state index in [-0.39, 0.29) is 0 Å². The molecule has 0 N–H and O–H groups in total. The van der Waals surface area contributed by atoms with Gasteiger partial charge in [-0.2, -0.15) is 0 Å². The van der Waals surface area contributed by atoms with Crippen molar-refractivity contribution < 1.29 is 28.5 Å². The third-order valence-corrected chi connectivity index (χ3v) is 4.51. The molecule has 2 aromatic rings. The largest absolute Gasteiger partial charge is 0.493 e. The van der Waals surface area contributed by atoms with Crippen LogP contribution in [0.3, 0.4) is 0 Å². The lowest BCUT2D eigenvalue weighted by atomic mass is 10.0. The van der Waals surface area contributed by atoms with Gasteiger partial charge in [-0.1, -0.05) is 29.8 Å². The second-order valence-electron chi connectivity index (χ2n) is 6.27. The maximum Gasteiger partial charge on any atom is 0.335 e. The number of esters is 1. The van der Waals surface area contributed by atoms with Gasteiger partial charge in [-0.15, -0.1) is 0 Å². The van der Waals surface area contributed by atoms with Crippen LogP contribution in [0.2, 0.25) is 0 Å². The number of aliphatic imine (C=N–C) groups is 1. The van der Waals surface area contributed by atoms with Gasteiger partial charge in [0.1, 0.15) is 0 Å². The Morgan fingerprint density at radius 3 is 2.21 bits per heavy atom. The van der Waals surface area contributed by atoms with E-state index in [2.05, 4.69) is 4.99 Å². The predicted molar refractivity (Wildman–Crippen MR) is 103 cm³/mol. The Labute approximate surface area is 163 Å². The molecule has 0 radical (unpaired) electrons. The van der Waals surface area contributed by atoms with Crippen LogP contribution in [0.5, 0.6) is 17.2 Å². The van der Waals surface area contributed by atoms with Gasteiger partial charge in [0.15, 0.2) is 23.6 Å². The highest BCUT2D eigenvalue weighted by molar-refractivity contribution is 5.99. The van der Waals surface area contributed by atoms with Gasteiger partial charge in [-0.25, -0.2) is 9.79 Å². The van der Waals surface area contributed by atoms with E-state index in [1.807, 2.05) is 31.2 Å². The number of carbonyl (C=O) groups is 1.